The molecular formula is C14H18N2OS. The largest absolute Gasteiger partial charge is 0.384 e. The summed E-state index contributed by atoms with van der Waals surface area (Å²) in [6.07, 6.45) is 1.03. The highest BCUT2D eigenvalue weighted by Gasteiger charge is 2.23. The van der Waals surface area contributed by atoms with Crippen molar-refractivity contribution in [2.24, 2.45) is 0 Å². The Bertz CT molecular complexity index is 475. The highest BCUT2D eigenvalue weighted by Crippen LogP contribution is 2.25. The fourth-order valence-electron chi connectivity index (χ4n) is 2.62. The van der Waals surface area contributed by atoms with Gasteiger partial charge in [0.2, 0.25) is 0 Å². The number of fused-ring (bicyclic) bond motifs is 1. The highest BCUT2D eigenvalue weighted by molar-refractivity contribution is 7.99. The average molecular weight is 262 g/mol. The van der Waals surface area contributed by atoms with E-state index in [1.54, 1.807) is 0 Å². The summed E-state index contributed by atoms with van der Waals surface area (Å²) >= 11 is 1.95. The maximum atomic E-state index is 12.4. The van der Waals surface area contributed by atoms with Crippen molar-refractivity contribution in [3.05, 3.63) is 29.3 Å². The average Bonchev–Trinajstić information content (AvgIpc) is 2.85. The van der Waals surface area contributed by atoms with Crippen LogP contribution in [0.15, 0.2) is 18.2 Å². The molecule has 4 heteroatoms. The van der Waals surface area contributed by atoms with Crippen molar-refractivity contribution in [2.45, 2.75) is 18.6 Å². The first kappa shape index (κ1) is 11.9. The number of carbonyl (C=O) groups excluding carboxylic acids is 1. The summed E-state index contributed by atoms with van der Waals surface area (Å²) in [6, 6.07) is 6.05. The van der Waals surface area contributed by atoms with Crippen molar-refractivity contribution in [3.8, 4) is 0 Å². The maximum Gasteiger partial charge on any atom is 0.253 e. The molecule has 0 bridgehead atoms. The second-order valence-corrected chi connectivity index (χ2v) is 6.53. The van der Waals surface area contributed by atoms with Gasteiger partial charge >= 0.3 is 0 Å². The van der Waals surface area contributed by atoms with E-state index in [1.807, 2.05) is 28.8 Å². The number of hydrogen-bond donors (Lipinski definition) is 1. The fraction of sp³-hybridized carbons (Fsp3) is 0.500. The van der Waals surface area contributed by atoms with Crippen LogP contribution in [-0.4, -0.2) is 41.4 Å². The molecule has 2 aliphatic rings. The summed E-state index contributed by atoms with van der Waals surface area (Å²) < 4.78 is 0. The monoisotopic (exact) mass is 262 g/mol. The van der Waals surface area contributed by atoms with E-state index in [0.717, 1.165) is 37.4 Å². The van der Waals surface area contributed by atoms with Crippen molar-refractivity contribution < 1.29 is 4.79 Å². The topological polar surface area (TPSA) is 32.3 Å². The molecule has 0 aromatic heterocycles. The van der Waals surface area contributed by atoms with Gasteiger partial charge in [0.1, 0.15) is 0 Å². The smallest absolute Gasteiger partial charge is 0.253 e. The summed E-state index contributed by atoms with van der Waals surface area (Å²) in [5.74, 6) is 1.25. The van der Waals surface area contributed by atoms with E-state index < -0.39 is 0 Å². The summed E-state index contributed by atoms with van der Waals surface area (Å²) in [7, 11) is 0. The van der Waals surface area contributed by atoms with Crippen LogP contribution in [0, 0.1) is 0 Å². The molecule has 1 aromatic rings. The Morgan fingerprint density at radius 1 is 1.50 bits per heavy atom. The van der Waals surface area contributed by atoms with Crippen LogP contribution in [0.4, 0.5) is 5.69 Å². The molecule has 1 saturated heterocycles. The number of anilines is 1. The number of carbonyl (C=O) groups is 1. The highest BCUT2D eigenvalue weighted by atomic mass is 32.2. The number of amides is 1. The van der Waals surface area contributed by atoms with Crippen LogP contribution in [0.5, 0.6) is 0 Å². The molecule has 1 unspecified atom stereocenters. The zero-order valence-corrected chi connectivity index (χ0v) is 11.4. The van der Waals surface area contributed by atoms with E-state index in [9.17, 15) is 4.79 Å². The first-order chi connectivity index (χ1) is 8.74. The quantitative estimate of drug-likeness (QED) is 0.842. The van der Waals surface area contributed by atoms with Crippen molar-refractivity contribution in [3.63, 3.8) is 0 Å². The van der Waals surface area contributed by atoms with Gasteiger partial charge in [0, 0.05) is 41.9 Å². The Labute approximate surface area is 112 Å². The van der Waals surface area contributed by atoms with E-state index in [1.165, 1.54) is 11.3 Å². The summed E-state index contributed by atoms with van der Waals surface area (Å²) in [5, 5.41) is 3.88. The fourth-order valence-corrected chi connectivity index (χ4v) is 3.64. The van der Waals surface area contributed by atoms with Crippen LogP contribution in [-0.2, 0) is 6.42 Å². The number of nitrogens with zero attached hydrogens (tertiary/aromatic N) is 1. The van der Waals surface area contributed by atoms with E-state index in [0.29, 0.717) is 5.25 Å². The molecule has 1 fully saturated rings. The van der Waals surface area contributed by atoms with Gasteiger partial charge in [0.05, 0.1) is 0 Å². The molecular weight excluding hydrogens is 244 g/mol. The van der Waals surface area contributed by atoms with E-state index in [4.69, 9.17) is 0 Å². The van der Waals surface area contributed by atoms with E-state index in [-0.39, 0.29) is 5.91 Å². The Kier molecular flexibility index (Phi) is 3.20. The maximum absolute atomic E-state index is 12.4. The second-order valence-electron chi connectivity index (χ2n) is 4.98. The zero-order chi connectivity index (χ0) is 12.5. The van der Waals surface area contributed by atoms with E-state index in [2.05, 4.69) is 18.3 Å². The van der Waals surface area contributed by atoms with Crippen molar-refractivity contribution in [1.82, 2.24) is 4.90 Å². The third-order valence-electron chi connectivity index (χ3n) is 3.59. The minimum absolute atomic E-state index is 0.192. The van der Waals surface area contributed by atoms with Crippen LogP contribution in [0.25, 0.3) is 0 Å². The Morgan fingerprint density at radius 2 is 2.39 bits per heavy atom. The van der Waals surface area contributed by atoms with Crippen LogP contribution >= 0.6 is 11.8 Å². The van der Waals surface area contributed by atoms with Crippen LogP contribution < -0.4 is 5.32 Å². The molecule has 1 aromatic carbocycles. The Balaban J connectivity index is 1.79. The van der Waals surface area contributed by atoms with Gasteiger partial charge in [-0.05, 0) is 30.2 Å². The van der Waals surface area contributed by atoms with Gasteiger partial charge in [-0.1, -0.05) is 6.92 Å². The van der Waals surface area contributed by atoms with Gasteiger partial charge in [-0.15, -0.1) is 0 Å². The SMILES string of the molecule is CC1CN(C(=O)c2ccc3c(c2)CCN3)CCS1. The molecule has 1 atom stereocenters. The molecule has 2 heterocycles. The minimum atomic E-state index is 0.192. The first-order valence-electron chi connectivity index (χ1n) is 6.52. The number of nitrogens with one attached hydrogen (secondary N) is 1. The summed E-state index contributed by atoms with van der Waals surface area (Å²) in [4.78, 5) is 14.4. The van der Waals surface area contributed by atoms with Crippen molar-refractivity contribution >= 4 is 23.4 Å². The lowest BCUT2D eigenvalue weighted by molar-refractivity contribution is 0.0763. The van der Waals surface area contributed by atoms with Gasteiger partial charge in [0.25, 0.3) is 5.91 Å². The predicted molar refractivity (Wildman–Crippen MR) is 76.5 cm³/mol. The Morgan fingerprint density at radius 3 is 3.22 bits per heavy atom. The number of hydrogen-bond acceptors (Lipinski definition) is 3. The van der Waals surface area contributed by atoms with Gasteiger partial charge in [-0.3, -0.25) is 4.79 Å². The molecule has 0 aliphatic carbocycles. The molecule has 3 nitrogen and oxygen atoms in total. The van der Waals surface area contributed by atoms with E-state index >= 15 is 0 Å². The summed E-state index contributed by atoms with van der Waals surface area (Å²) in [6.45, 7) is 4.93. The van der Waals surface area contributed by atoms with Gasteiger partial charge in [0.15, 0.2) is 0 Å². The van der Waals surface area contributed by atoms with Crippen molar-refractivity contribution in [2.75, 3.05) is 30.7 Å². The molecule has 2 aliphatic heterocycles. The van der Waals surface area contributed by atoms with Gasteiger partial charge < -0.3 is 10.2 Å². The lowest BCUT2D eigenvalue weighted by Crippen LogP contribution is -2.41. The predicted octanol–water partition coefficient (Wildman–Crippen LogP) is 2.23. The molecule has 0 saturated carbocycles. The molecule has 0 radical (unpaired) electrons. The minimum Gasteiger partial charge on any atom is -0.384 e. The standard InChI is InChI=1S/C14H18N2OS/c1-10-9-16(6-7-18-10)14(17)12-2-3-13-11(8-12)4-5-15-13/h2-3,8,10,15H,4-7,9H2,1H3. The molecule has 3 rings (SSSR count). The second kappa shape index (κ2) is 4.84. The third kappa shape index (κ3) is 2.21. The molecule has 1 N–H and O–H groups in total. The number of thioether (sulfide) groups is 1. The van der Waals surface area contributed by atoms with Crippen LogP contribution in [0.2, 0.25) is 0 Å². The number of rotatable bonds is 1. The molecule has 0 spiro atoms. The molecule has 18 heavy (non-hydrogen) atoms. The van der Waals surface area contributed by atoms with Crippen LogP contribution in [0.3, 0.4) is 0 Å². The van der Waals surface area contributed by atoms with Crippen LogP contribution in [0.1, 0.15) is 22.8 Å². The lowest BCUT2D eigenvalue weighted by Gasteiger charge is -2.30. The normalized spacial score (nSPS) is 22.5. The molecule has 96 valence electrons. The zero-order valence-electron chi connectivity index (χ0n) is 10.6. The first-order valence-corrected chi connectivity index (χ1v) is 7.56. The van der Waals surface area contributed by atoms with Gasteiger partial charge in [-0.2, -0.15) is 11.8 Å². The number of benzene rings is 1. The van der Waals surface area contributed by atoms with Gasteiger partial charge in [-0.25, -0.2) is 0 Å². The Hall–Kier alpha value is -1.16. The van der Waals surface area contributed by atoms with Crippen molar-refractivity contribution in [1.29, 1.82) is 0 Å². The lowest BCUT2D eigenvalue weighted by atomic mass is 10.1. The molecule has 1 amide bonds. The third-order valence-corrected chi connectivity index (χ3v) is 4.73. The summed E-state index contributed by atoms with van der Waals surface area (Å²) in [5.41, 5.74) is 3.31.